The quantitative estimate of drug-likeness (QED) is 0.0292. The van der Waals surface area contributed by atoms with E-state index in [-0.39, 0.29) is 25.2 Å². The minimum atomic E-state index is -1.70. The Morgan fingerprint density at radius 2 is 1.24 bits per heavy atom. The van der Waals surface area contributed by atoms with Crippen molar-refractivity contribution in [1.82, 2.24) is 31.9 Å². The van der Waals surface area contributed by atoms with Gasteiger partial charge in [-0.2, -0.15) is 0 Å². The average molecular weight is 945 g/mol. The molecule has 0 spiro atoms. The van der Waals surface area contributed by atoms with E-state index in [4.69, 9.17) is 21.9 Å². The summed E-state index contributed by atoms with van der Waals surface area (Å²) in [6.45, 7) is 7.65. The third-order valence-electron chi connectivity index (χ3n) is 11.3. The highest BCUT2D eigenvalue weighted by Gasteiger charge is 2.38. The minimum absolute atomic E-state index is 0.00248. The lowest BCUT2D eigenvalue weighted by molar-refractivity contribution is -0.155. The normalized spacial score (nSPS) is 23.4. The number of esters is 1. The van der Waals surface area contributed by atoms with Gasteiger partial charge in [-0.1, -0.05) is 102 Å². The number of aliphatic hydroxyl groups is 2. The molecule has 376 valence electrons. The Morgan fingerprint density at radius 3 is 1.81 bits per heavy atom. The number of aryl methyl sites for hydroxylation is 1. The summed E-state index contributed by atoms with van der Waals surface area (Å²) in [6.07, 6.45) is 5.48. The SMILES string of the molecule is CC(C)[C@H]1NC(=O)[C@@H](NC(=O)CC(O)CCCCCCCCCCCCN=C(N)N)[C@@H](C)OC(=O)[C@@H](C)NC(=O)[C@@H](CC(N)=O)NC(=O)[C@@H]([C@@H](C)O)NC(=O)[C@H](CCc2ccccc2)NC1=O. The third-order valence-corrected chi connectivity index (χ3v) is 11.3. The van der Waals surface area contributed by atoms with Crippen LogP contribution in [0, 0.1) is 5.92 Å². The molecule has 1 saturated heterocycles. The zero-order valence-corrected chi connectivity index (χ0v) is 39.7. The molecule has 0 aromatic heterocycles. The number of carbonyl (C=O) groups is 8. The molecule has 14 N–H and O–H groups in total. The van der Waals surface area contributed by atoms with E-state index in [0.717, 1.165) is 63.4 Å². The number of aliphatic imine (C=N–C) groups is 1. The Morgan fingerprint density at radius 1 is 0.701 bits per heavy atom. The van der Waals surface area contributed by atoms with E-state index in [2.05, 4.69) is 36.9 Å². The molecular formula is C46H76N10O11. The zero-order chi connectivity index (χ0) is 50.1. The molecule has 0 aliphatic carbocycles. The molecule has 0 bridgehead atoms. The van der Waals surface area contributed by atoms with Crippen LogP contribution in [0.25, 0.3) is 0 Å². The minimum Gasteiger partial charge on any atom is -0.458 e. The van der Waals surface area contributed by atoms with Gasteiger partial charge in [-0.25, -0.2) is 4.79 Å². The monoisotopic (exact) mass is 945 g/mol. The first-order valence-electron chi connectivity index (χ1n) is 23.5. The van der Waals surface area contributed by atoms with E-state index in [1.807, 2.05) is 12.1 Å². The number of nitrogens with zero attached hydrogens (tertiary/aromatic N) is 1. The number of ether oxygens (including phenoxy) is 1. The molecule has 21 nitrogen and oxygen atoms in total. The second kappa shape index (κ2) is 30.5. The highest BCUT2D eigenvalue weighted by atomic mass is 16.5. The Hall–Kier alpha value is -5.83. The lowest BCUT2D eigenvalue weighted by atomic mass is 9.99. The van der Waals surface area contributed by atoms with E-state index >= 15 is 0 Å². The van der Waals surface area contributed by atoms with Crippen molar-refractivity contribution < 1.29 is 53.3 Å². The summed E-state index contributed by atoms with van der Waals surface area (Å²) in [5, 5.41) is 36.3. The number of aliphatic hydroxyl groups excluding tert-OH is 2. The molecule has 0 radical (unpaired) electrons. The number of cyclic esters (lactones) is 1. The fraction of sp³-hybridized carbons (Fsp3) is 0.674. The third kappa shape index (κ3) is 22.5. The lowest BCUT2D eigenvalue weighted by Gasteiger charge is -2.30. The van der Waals surface area contributed by atoms with E-state index < -0.39 is 114 Å². The van der Waals surface area contributed by atoms with Crippen LogP contribution < -0.4 is 49.1 Å². The summed E-state index contributed by atoms with van der Waals surface area (Å²) < 4.78 is 5.56. The van der Waals surface area contributed by atoms with Gasteiger partial charge in [0.1, 0.15) is 42.4 Å². The van der Waals surface area contributed by atoms with Gasteiger partial charge < -0.3 is 64.1 Å². The van der Waals surface area contributed by atoms with Gasteiger partial charge in [0, 0.05) is 6.54 Å². The Bertz CT molecular complexity index is 1790. The summed E-state index contributed by atoms with van der Waals surface area (Å²) in [5.74, 6) is -8.09. The van der Waals surface area contributed by atoms with Crippen molar-refractivity contribution in [3.05, 3.63) is 35.9 Å². The van der Waals surface area contributed by atoms with Gasteiger partial charge in [0.05, 0.1) is 25.0 Å². The number of rotatable bonds is 23. The number of nitrogens with one attached hydrogen (secondary N) is 6. The predicted octanol–water partition coefficient (Wildman–Crippen LogP) is -0.279. The molecule has 67 heavy (non-hydrogen) atoms. The van der Waals surface area contributed by atoms with Crippen molar-refractivity contribution in [2.75, 3.05) is 6.54 Å². The van der Waals surface area contributed by atoms with Crippen LogP contribution in [0.4, 0.5) is 0 Å². The maximum Gasteiger partial charge on any atom is 0.328 e. The molecule has 1 heterocycles. The molecule has 1 aliphatic rings. The molecule has 9 atom stereocenters. The van der Waals surface area contributed by atoms with E-state index in [0.29, 0.717) is 19.4 Å². The molecule has 2 rings (SSSR count). The summed E-state index contributed by atoms with van der Waals surface area (Å²) >= 11 is 0. The summed E-state index contributed by atoms with van der Waals surface area (Å²) in [5.41, 5.74) is 16.9. The van der Waals surface area contributed by atoms with Gasteiger partial charge in [0.2, 0.25) is 41.4 Å². The fourth-order valence-electron chi connectivity index (χ4n) is 7.38. The standard InChI is InChI=1S/C46H76N10O11/c1-27(2)37-42(63)52-33(23-22-31-19-15-14-16-20-31)40(61)56-38(29(4)57)43(64)53-34(26-35(47)59)41(62)51-28(3)45(66)67-30(5)39(44(65)55-37)54-36(60)25-32(58)21-17-12-10-8-6-7-9-11-13-18-24-50-46(48)49/h14-16,19-20,27-30,32-34,37-39,57-58H,6-13,17-18,21-26H2,1-5H3,(H2,47,59)(H,51,62)(H,52,63)(H,53,64)(H,54,60)(H,55,65)(H,56,61)(H4,48,49,50)/t28-,29-,30-,32?,33+,34-,37-,38-,39+/m1/s1. The second-order valence-corrected chi connectivity index (χ2v) is 17.7. The summed E-state index contributed by atoms with van der Waals surface area (Å²) in [7, 11) is 0. The molecule has 1 aliphatic heterocycles. The van der Waals surface area contributed by atoms with Crippen molar-refractivity contribution in [1.29, 1.82) is 0 Å². The predicted molar refractivity (Wildman–Crippen MR) is 250 cm³/mol. The largest absolute Gasteiger partial charge is 0.458 e. The number of carbonyl (C=O) groups excluding carboxylic acids is 8. The lowest BCUT2D eigenvalue weighted by Crippen LogP contribution is -2.62. The molecule has 0 saturated carbocycles. The van der Waals surface area contributed by atoms with Gasteiger partial charge in [0.15, 0.2) is 5.96 Å². The number of unbranched alkanes of at least 4 members (excludes halogenated alkanes) is 9. The smallest absolute Gasteiger partial charge is 0.328 e. The van der Waals surface area contributed by atoms with Gasteiger partial charge in [-0.05, 0) is 57.9 Å². The first-order chi connectivity index (χ1) is 31.7. The molecule has 7 amide bonds. The van der Waals surface area contributed by atoms with Gasteiger partial charge in [0.25, 0.3) is 0 Å². The fourth-order valence-corrected chi connectivity index (χ4v) is 7.38. The number of benzene rings is 1. The number of primary amides is 1. The first kappa shape index (κ1) is 57.3. The maximum absolute atomic E-state index is 14.1. The van der Waals surface area contributed by atoms with Crippen LogP contribution in [0.1, 0.15) is 130 Å². The zero-order valence-electron chi connectivity index (χ0n) is 39.7. The summed E-state index contributed by atoms with van der Waals surface area (Å²) in [4.78, 5) is 112. The second-order valence-electron chi connectivity index (χ2n) is 17.7. The molecule has 1 aromatic rings. The van der Waals surface area contributed by atoms with E-state index in [9.17, 15) is 48.6 Å². The van der Waals surface area contributed by atoms with Crippen LogP contribution in [0.5, 0.6) is 0 Å². The van der Waals surface area contributed by atoms with Crippen LogP contribution in [0.3, 0.4) is 0 Å². The van der Waals surface area contributed by atoms with Crippen molar-refractivity contribution in [2.45, 2.75) is 185 Å². The number of hydrogen-bond acceptors (Lipinski definition) is 12. The topological polar surface area (TPSA) is 349 Å². The average Bonchev–Trinajstić information content (AvgIpc) is 3.25. The maximum atomic E-state index is 14.1. The van der Waals surface area contributed by atoms with Gasteiger partial charge in [-0.15, -0.1) is 0 Å². The number of nitrogens with two attached hydrogens (primary N) is 3. The highest BCUT2D eigenvalue weighted by molar-refractivity contribution is 5.98. The molecule has 1 unspecified atom stereocenters. The first-order valence-corrected chi connectivity index (χ1v) is 23.5. The van der Waals surface area contributed by atoms with Crippen LogP contribution in [0.15, 0.2) is 35.3 Å². The molecule has 21 heteroatoms. The molecule has 1 fully saturated rings. The summed E-state index contributed by atoms with van der Waals surface area (Å²) in [6, 6.07) is -0.104. The Labute approximate surface area is 393 Å². The van der Waals surface area contributed by atoms with Gasteiger partial charge in [-0.3, -0.25) is 38.6 Å². The van der Waals surface area contributed by atoms with E-state index in [1.54, 1.807) is 32.0 Å². The van der Waals surface area contributed by atoms with Gasteiger partial charge >= 0.3 is 5.97 Å². The van der Waals surface area contributed by atoms with Crippen molar-refractivity contribution in [3.8, 4) is 0 Å². The molecule has 1 aromatic carbocycles. The number of hydrogen-bond donors (Lipinski definition) is 11. The number of guanidine groups is 1. The Balaban J connectivity index is 2.29. The van der Waals surface area contributed by atoms with Crippen LogP contribution >= 0.6 is 0 Å². The highest BCUT2D eigenvalue weighted by Crippen LogP contribution is 2.15. The van der Waals surface area contributed by atoms with Crippen LogP contribution in [0.2, 0.25) is 0 Å². The van der Waals surface area contributed by atoms with Crippen molar-refractivity contribution in [2.24, 2.45) is 28.1 Å². The molecular weight excluding hydrogens is 869 g/mol. The van der Waals surface area contributed by atoms with Crippen LogP contribution in [-0.4, -0.2) is 125 Å². The number of amides is 7. The van der Waals surface area contributed by atoms with Crippen molar-refractivity contribution in [3.63, 3.8) is 0 Å². The Kier molecular flexibility index (Phi) is 26.0. The van der Waals surface area contributed by atoms with Crippen LogP contribution in [-0.2, 0) is 49.5 Å². The van der Waals surface area contributed by atoms with Crippen molar-refractivity contribution >= 4 is 53.3 Å². The van der Waals surface area contributed by atoms with E-state index in [1.165, 1.54) is 20.8 Å².